The van der Waals surface area contributed by atoms with Crippen LogP contribution in [0.5, 0.6) is 0 Å². The van der Waals surface area contributed by atoms with E-state index in [1.54, 1.807) is 19.1 Å². The largest absolute Gasteiger partial charge is 0.432 e. The molecule has 0 spiro atoms. The van der Waals surface area contributed by atoms with Crippen molar-refractivity contribution in [3.8, 4) is 0 Å². The summed E-state index contributed by atoms with van der Waals surface area (Å²) in [5, 5.41) is 24.6. The number of carbonyl (C=O) groups is 2. The highest BCUT2D eigenvalue weighted by atomic mass is 16.5. The molecule has 5 atom stereocenters. The zero-order valence-corrected chi connectivity index (χ0v) is 25.3. The monoisotopic (exact) mass is 590 g/mol. The Morgan fingerprint density at radius 2 is 1.39 bits per heavy atom. The molecule has 0 aliphatic heterocycles. The Bertz CT molecular complexity index is 1540. The summed E-state index contributed by atoms with van der Waals surface area (Å²) in [4.78, 5) is 25.4. The van der Waals surface area contributed by atoms with Crippen molar-refractivity contribution in [2.45, 2.75) is 50.4 Å². The van der Waals surface area contributed by atoms with Gasteiger partial charge in [0.25, 0.3) is 0 Å². The van der Waals surface area contributed by atoms with Crippen molar-refractivity contribution >= 4 is 11.8 Å². The third kappa shape index (κ3) is 4.87. The normalized spacial score (nSPS) is 28.2. The number of hydrogen-bond donors (Lipinski definition) is 2. The summed E-state index contributed by atoms with van der Waals surface area (Å²) in [5.74, 6) is -2.23. The number of esters is 1. The summed E-state index contributed by atoms with van der Waals surface area (Å²) in [6.45, 7) is 4.95. The Morgan fingerprint density at radius 1 is 0.864 bits per heavy atom. The Labute approximate surface area is 258 Å². The van der Waals surface area contributed by atoms with Gasteiger partial charge >= 0.3 is 5.97 Å². The first kappa shape index (κ1) is 29.9. The lowest BCUT2D eigenvalue weighted by molar-refractivity contribution is -0.160. The summed E-state index contributed by atoms with van der Waals surface area (Å²) >= 11 is 0. The van der Waals surface area contributed by atoms with E-state index in [0.717, 1.165) is 16.7 Å². The summed E-state index contributed by atoms with van der Waals surface area (Å²) in [7, 11) is 0. The number of Topliss-reactive ketones (excluding diaryl/α,β-unsaturated/α-hetero) is 1. The van der Waals surface area contributed by atoms with Gasteiger partial charge in [-0.05, 0) is 40.8 Å². The molecule has 0 bridgehead atoms. The molecule has 0 heterocycles. The van der Waals surface area contributed by atoms with E-state index in [9.17, 15) is 19.8 Å². The molecule has 0 radical (unpaired) electrons. The van der Waals surface area contributed by atoms with Gasteiger partial charge in [0.2, 0.25) is 0 Å². The summed E-state index contributed by atoms with van der Waals surface area (Å²) < 4.78 is 12.6. The van der Waals surface area contributed by atoms with E-state index in [4.69, 9.17) is 9.47 Å². The Morgan fingerprint density at radius 3 is 1.89 bits per heavy atom. The van der Waals surface area contributed by atoms with E-state index >= 15 is 0 Å². The first-order chi connectivity index (χ1) is 21.1. The topological polar surface area (TPSA) is 93.1 Å². The minimum absolute atomic E-state index is 0.00716. The molecule has 44 heavy (non-hydrogen) atoms. The number of aliphatic hydroxyl groups is 2. The van der Waals surface area contributed by atoms with Gasteiger partial charge in [-0.1, -0.05) is 110 Å². The Balaban J connectivity index is 1.47. The number of ketones is 1. The van der Waals surface area contributed by atoms with Crippen molar-refractivity contribution in [3.05, 3.63) is 143 Å². The van der Waals surface area contributed by atoms with Gasteiger partial charge in [-0.15, -0.1) is 0 Å². The van der Waals surface area contributed by atoms with Crippen molar-refractivity contribution in [1.29, 1.82) is 0 Å². The highest BCUT2D eigenvalue weighted by Crippen LogP contribution is 2.54. The highest BCUT2D eigenvalue weighted by molar-refractivity contribution is 6.04. The lowest BCUT2D eigenvalue weighted by atomic mass is 9.62. The first-order valence-electron chi connectivity index (χ1n) is 15.2. The molecule has 0 aromatic heterocycles. The predicted octanol–water partition coefficient (Wildman–Crippen LogP) is 6.04. The molecule has 0 saturated heterocycles. The zero-order chi connectivity index (χ0) is 31.1. The molecular formula is C38H38O6. The van der Waals surface area contributed by atoms with Crippen LogP contribution in [-0.2, 0) is 24.7 Å². The Kier molecular flexibility index (Phi) is 7.78. The van der Waals surface area contributed by atoms with Crippen molar-refractivity contribution in [3.63, 3.8) is 0 Å². The van der Waals surface area contributed by atoms with Gasteiger partial charge in [0.1, 0.15) is 17.0 Å². The fraction of sp³-hybridized carbons (Fsp3) is 0.316. The number of ether oxygens (including phenoxy) is 2. The average Bonchev–Trinajstić information content (AvgIpc) is 3.19. The van der Waals surface area contributed by atoms with Crippen LogP contribution in [0.25, 0.3) is 0 Å². The smallest absolute Gasteiger partial charge is 0.307 e. The van der Waals surface area contributed by atoms with Crippen LogP contribution in [0.1, 0.15) is 50.3 Å². The maximum Gasteiger partial charge on any atom is 0.307 e. The molecular weight excluding hydrogens is 552 g/mol. The first-order valence-corrected chi connectivity index (χ1v) is 15.2. The molecule has 0 saturated carbocycles. The van der Waals surface area contributed by atoms with Gasteiger partial charge in [0, 0.05) is 37.5 Å². The van der Waals surface area contributed by atoms with Crippen LogP contribution in [0.4, 0.5) is 0 Å². The van der Waals surface area contributed by atoms with Crippen LogP contribution >= 0.6 is 0 Å². The number of allylic oxidation sites excluding steroid dienone is 1. The minimum atomic E-state index is -1.83. The van der Waals surface area contributed by atoms with Gasteiger partial charge in [-0.25, -0.2) is 0 Å². The third-order valence-corrected chi connectivity index (χ3v) is 9.58. The lowest BCUT2D eigenvalue weighted by Crippen LogP contribution is -2.58. The van der Waals surface area contributed by atoms with Crippen LogP contribution in [-0.4, -0.2) is 39.8 Å². The van der Waals surface area contributed by atoms with E-state index in [0.29, 0.717) is 16.9 Å². The molecule has 0 unspecified atom stereocenters. The average molecular weight is 591 g/mol. The molecule has 226 valence electrons. The zero-order valence-electron chi connectivity index (χ0n) is 25.3. The van der Waals surface area contributed by atoms with E-state index < -0.39 is 40.5 Å². The number of rotatable bonds is 7. The van der Waals surface area contributed by atoms with Gasteiger partial charge in [-0.2, -0.15) is 0 Å². The fourth-order valence-corrected chi connectivity index (χ4v) is 7.58. The van der Waals surface area contributed by atoms with Crippen LogP contribution in [0.3, 0.4) is 0 Å². The molecule has 6 rings (SSSR count). The molecule has 3 aromatic rings. The minimum Gasteiger partial charge on any atom is -0.432 e. The molecule has 6 nitrogen and oxygen atoms in total. The molecule has 3 aliphatic carbocycles. The van der Waals surface area contributed by atoms with Gasteiger partial charge in [-0.3, -0.25) is 9.59 Å². The van der Waals surface area contributed by atoms with Crippen LogP contribution in [0.15, 0.2) is 126 Å². The predicted molar refractivity (Wildman–Crippen MR) is 167 cm³/mol. The summed E-state index contributed by atoms with van der Waals surface area (Å²) in [6, 6.07) is 30.0. The number of fused-ring (bicyclic) bond motifs is 3. The molecule has 6 heteroatoms. The van der Waals surface area contributed by atoms with Gasteiger partial charge in [0.15, 0.2) is 5.78 Å². The van der Waals surface area contributed by atoms with Crippen molar-refractivity contribution < 1.29 is 29.3 Å². The molecule has 0 amide bonds. The SMILES string of the molecule is CC(=O)OC1=C[C@@H](C)[C@@]2(O)[C@@H](C=C(COC(c3ccccc3)(c3ccccc3)c3ccccc3)C[C@]3(O)C(=O)C(C)=C[C@@H]23)C1. The fourth-order valence-electron chi connectivity index (χ4n) is 7.58. The summed E-state index contributed by atoms with van der Waals surface area (Å²) in [6.07, 6.45) is 5.65. The molecule has 2 N–H and O–H groups in total. The van der Waals surface area contributed by atoms with E-state index in [-0.39, 0.29) is 25.2 Å². The molecule has 0 fully saturated rings. The second kappa shape index (κ2) is 11.4. The second-order valence-electron chi connectivity index (χ2n) is 12.4. The Hall–Kier alpha value is -4.10. The third-order valence-electron chi connectivity index (χ3n) is 9.58. The second-order valence-corrected chi connectivity index (χ2v) is 12.4. The number of benzene rings is 3. The maximum atomic E-state index is 13.6. The van der Waals surface area contributed by atoms with Crippen LogP contribution in [0.2, 0.25) is 0 Å². The van der Waals surface area contributed by atoms with Gasteiger partial charge in [0.05, 0.1) is 12.2 Å². The quantitative estimate of drug-likeness (QED) is 0.198. The standard InChI is InChI=1S/C38H38O6/c1-25-19-34-36(41,35(25)40)23-28(21-32-22-33(44-27(3)39)20-26(2)37(32,34)42)24-43-38(29-13-7-4-8-14-29,30-15-9-5-10-16-30)31-17-11-6-12-18-31/h4-21,26,32,34,41-42H,22-24H2,1-3H3/t26-,32+,34-,36-,37-/m1/s1. The number of hydrogen-bond acceptors (Lipinski definition) is 6. The van der Waals surface area contributed by atoms with E-state index in [1.807, 2.05) is 104 Å². The van der Waals surface area contributed by atoms with Crippen molar-refractivity contribution in [2.75, 3.05) is 6.61 Å². The van der Waals surface area contributed by atoms with Crippen molar-refractivity contribution in [2.24, 2.45) is 17.8 Å². The van der Waals surface area contributed by atoms with Crippen LogP contribution < -0.4 is 0 Å². The van der Waals surface area contributed by atoms with Gasteiger partial charge < -0.3 is 19.7 Å². The highest BCUT2D eigenvalue weighted by Gasteiger charge is 2.62. The van der Waals surface area contributed by atoms with Crippen LogP contribution in [0, 0.1) is 17.8 Å². The lowest BCUT2D eigenvalue weighted by Gasteiger charge is -2.47. The maximum absolute atomic E-state index is 13.6. The number of carbonyl (C=O) groups excluding carboxylic acids is 2. The summed E-state index contributed by atoms with van der Waals surface area (Å²) in [5.41, 5.74) is -0.408. The van der Waals surface area contributed by atoms with E-state index in [2.05, 4.69) is 0 Å². The van der Waals surface area contributed by atoms with Crippen molar-refractivity contribution in [1.82, 2.24) is 0 Å². The van der Waals surface area contributed by atoms with E-state index in [1.165, 1.54) is 6.92 Å². The molecule has 3 aliphatic rings. The molecule has 3 aromatic carbocycles.